The van der Waals surface area contributed by atoms with Crippen molar-refractivity contribution in [1.82, 2.24) is 0 Å². The van der Waals surface area contributed by atoms with Gasteiger partial charge in [-0.2, -0.15) is 13.2 Å². The first-order chi connectivity index (χ1) is 13.5. The molecule has 0 bridgehead atoms. The molecule has 0 aliphatic heterocycles. The van der Waals surface area contributed by atoms with Gasteiger partial charge in [0.25, 0.3) is 5.69 Å². The highest BCUT2D eigenvalue weighted by molar-refractivity contribution is 6.32. The van der Waals surface area contributed by atoms with Crippen LogP contribution in [0, 0.1) is 10.1 Å². The van der Waals surface area contributed by atoms with E-state index in [1.165, 1.54) is 12.9 Å². The van der Waals surface area contributed by atoms with Gasteiger partial charge in [-0.1, -0.05) is 11.6 Å². The van der Waals surface area contributed by atoms with E-state index in [0.29, 0.717) is 6.07 Å². The molecule has 0 saturated carbocycles. The highest BCUT2D eigenvalue weighted by Crippen LogP contribution is 2.37. The van der Waals surface area contributed by atoms with E-state index < -0.39 is 40.0 Å². The molecule has 2 rings (SSSR count). The van der Waals surface area contributed by atoms with E-state index in [0.717, 1.165) is 36.4 Å². The highest BCUT2D eigenvalue weighted by atomic mass is 35.5. The number of nitrogens with zero attached hydrogens (tertiary/aromatic N) is 1. The summed E-state index contributed by atoms with van der Waals surface area (Å²) < 4.78 is 48.4. The minimum Gasteiger partial charge on any atom is -0.456 e. The standard InChI is InChI=1S/C18H11ClF3NO6/c1-10(6-7-24)28-17(25)13-9-12(3-4-15(13)23(26)27)29-16-5-2-11(8-14(16)19)18(20,21)22/h2-6,8-10H,1H3. The summed E-state index contributed by atoms with van der Waals surface area (Å²) in [4.78, 5) is 32.8. The van der Waals surface area contributed by atoms with Crippen LogP contribution in [0.5, 0.6) is 11.5 Å². The Balaban J connectivity index is 2.36. The number of benzene rings is 2. The van der Waals surface area contributed by atoms with E-state index in [1.807, 2.05) is 0 Å². The number of carbonyl (C=O) groups is 1. The number of ether oxygens (including phenoxy) is 2. The van der Waals surface area contributed by atoms with Crippen LogP contribution >= 0.6 is 11.6 Å². The van der Waals surface area contributed by atoms with Gasteiger partial charge in [-0.05, 0) is 31.2 Å². The maximum Gasteiger partial charge on any atom is 0.416 e. The SMILES string of the molecule is CC(C=C=O)OC(=O)c1cc(Oc2ccc(C(F)(F)F)cc2Cl)ccc1[N+](=O)[O-]. The van der Waals surface area contributed by atoms with Crippen molar-refractivity contribution in [2.45, 2.75) is 19.2 Å². The molecule has 7 nitrogen and oxygen atoms in total. The third-order valence-electron chi connectivity index (χ3n) is 3.47. The number of alkyl halides is 3. The van der Waals surface area contributed by atoms with Crippen LogP contribution in [0.15, 0.2) is 42.5 Å². The first-order valence-electron chi connectivity index (χ1n) is 7.78. The van der Waals surface area contributed by atoms with Crippen molar-refractivity contribution in [1.29, 1.82) is 0 Å². The van der Waals surface area contributed by atoms with Crippen molar-refractivity contribution in [2.24, 2.45) is 0 Å². The number of esters is 1. The summed E-state index contributed by atoms with van der Waals surface area (Å²) in [7, 11) is 0. The molecule has 0 heterocycles. The van der Waals surface area contributed by atoms with E-state index >= 15 is 0 Å². The van der Waals surface area contributed by atoms with Crippen LogP contribution in [0.2, 0.25) is 5.02 Å². The Bertz CT molecular complexity index is 1000. The Kier molecular flexibility index (Phi) is 6.63. The predicted molar refractivity (Wildman–Crippen MR) is 94.8 cm³/mol. The number of hydrogen-bond donors (Lipinski definition) is 0. The maximum absolute atomic E-state index is 12.7. The van der Waals surface area contributed by atoms with Gasteiger partial charge in [-0.15, -0.1) is 0 Å². The van der Waals surface area contributed by atoms with Gasteiger partial charge in [0.05, 0.1) is 15.5 Å². The lowest BCUT2D eigenvalue weighted by molar-refractivity contribution is -0.385. The Labute approximate surface area is 166 Å². The number of nitro benzene ring substituents is 1. The average Bonchev–Trinajstić information content (AvgIpc) is 2.62. The number of nitro groups is 1. The Hall–Kier alpha value is -3.36. The fourth-order valence-corrected chi connectivity index (χ4v) is 2.37. The van der Waals surface area contributed by atoms with E-state index in [4.69, 9.17) is 21.1 Å². The lowest BCUT2D eigenvalue weighted by Crippen LogP contribution is -2.14. The molecule has 0 fully saturated rings. The minimum absolute atomic E-state index is 0.109. The molecule has 29 heavy (non-hydrogen) atoms. The molecule has 0 N–H and O–H groups in total. The summed E-state index contributed by atoms with van der Waals surface area (Å²) in [6.45, 7) is 1.34. The van der Waals surface area contributed by atoms with Crippen molar-refractivity contribution < 1.29 is 37.2 Å². The quantitative estimate of drug-likeness (QED) is 0.278. The molecule has 0 aromatic heterocycles. The second-order valence-electron chi connectivity index (χ2n) is 5.58. The van der Waals surface area contributed by atoms with Gasteiger partial charge >= 0.3 is 12.1 Å². The molecule has 1 atom stereocenters. The lowest BCUT2D eigenvalue weighted by Gasteiger charge is -2.12. The van der Waals surface area contributed by atoms with Gasteiger partial charge in [-0.3, -0.25) is 10.1 Å². The van der Waals surface area contributed by atoms with Crippen LogP contribution in [0.4, 0.5) is 18.9 Å². The van der Waals surface area contributed by atoms with Gasteiger partial charge in [0, 0.05) is 18.2 Å². The molecule has 0 spiro atoms. The van der Waals surface area contributed by atoms with E-state index in [-0.39, 0.29) is 16.5 Å². The van der Waals surface area contributed by atoms with E-state index in [9.17, 15) is 32.9 Å². The smallest absolute Gasteiger partial charge is 0.416 e. The second-order valence-corrected chi connectivity index (χ2v) is 5.98. The van der Waals surface area contributed by atoms with Gasteiger partial charge < -0.3 is 9.47 Å². The first-order valence-corrected chi connectivity index (χ1v) is 8.15. The summed E-state index contributed by atoms with van der Waals surface area (Å²) in [5.74, 6) is 0.0396. The second kappa shape index (κ2) is 8.76. The minimum atomic E-state index is -4.60. The van der Waals surface area contributed by atoms with Crippen LogP contribution in [-0.2, 0) is 15.7 Å². The zero-order valence-electron chi connectivity index (χ0n) is 14.5. The molecule has 1 unspecified atom stereocenters. The average molecular weight is 430 g/mol. The first kappa shape index (κ1) is 21.9. The lowest BCUT2D eigenvalue weighted by atomic mass is 10.1. The normalized spacial score (nSPS) is 11.9. The van der Waals surface area contributed by atoms with Crippen molar-refractivity contribution in [3.63, 3.8) is 0 Å². The summed E-state index contributed by atoms with van der Waals surface area (Å²) in [5, 5.41) is 10.8. The Morgan fingerprint density at radius 1 is 1.28 bits per heavy atom. The van der Waals surface area contributed by atoms with Crippen molar-refractivity contribution in [3.05, 3.63) is 68.7 Å². The Morgan fingerprint density at radius 3 is 2.52 bits per heavy atom. The predicted octanol–water partition coefficient (Wildman–Crippen LogP) is 4.99. The number of rotatable bonds is 6. The van der Waals surface area contributed by atoms with Crippen LogP contribution in [0.25, 0.3) is 0 Å². The molecule has 0 aliphatic carbocycles. The highest BCUT2D eigenvalue weighted by Gasteiger charge is 2.31. The molecule has 0 radical (unpaired) electrons. The van der Waals surface area contributed by atoms with Gasteiger partial charge in [0.15, 0.2) is 0 Å². The fraction of sp³-hybridized carbons (Fsp3) is 0.167. The van der Waals surface area contributed by atoms with Crippen LogP contribution in [-0.4, -0.2) is 22.9 Å². The van der Waals surface area contributed by atoms with Crippen LogP contribution in [0.3, 0.4) is 0 Å². The Morgan fingerprint density at radius 2 is 1.97 bits per heavy atom. The molecule has 2 aromatic rings. The monoisotopic (exact) mass is 429 g/mol. The van der Waals surface area contributed by atoms with Crippen molar-refractivity contribution in [2.75, 3.05) is 0 Å². The van der Waals surface area contributed by atoms with Gasteiger partial charge in [-0.25, -0.2) is 9.59 Å². The topological polar surface area (TPSA) is 95.7 Å². The number of carbonyl (C=O) groups excluding carboxylic acids is 2. The molecule has 152 valence electrons. The third kappa shape index (κ3) is 5.56. The molecule has 0 amide bonds. The molecule has 2 aromatic carbocycles. The van der Waals surface area contributed by atoms with Gasteiger partial charge in [0.1, 0.15) is 29.1 Å². The summed E-state index contributed by atoms with van der Waals surface area (Å²) in [6.07, 6.45) is -4.70. The molecular formula is C18H11ClF3NO6. The molecule has 11 heteroatoms. The van der Waals surface area contributed by atoms with Gasteiger partial charge in [0.2, 0.25) is 0 Å². The van der Waals surface area contributed by atoms with Crippen LogP contribution in [0.1, 0.15) is 22.8 Å². The van der Waals surface area contributed by atoms with E-state index in [2.05, 4.69) is 0 Å². The fourth-order valence-electron chi connectivity index (χ4n) is 2.15. The van der Waals surface area contributed by atoms with Crippen molar-refractivity contribution in [3.8, 4) is 11.5 Å². The zero-order valence-corrected chi connectivity index (χ0v) is 15.3. The van der Waals surface area contributed by atoms with Crippen molar-refractivity contribution >= 4 is 29.2 Å². The summed E-state index contributed by atoms with van der Waals surface area (Å²) in [6, 6.07) is 5.45. The van der Waals surface area contributed by atoms with E-state index in [1.54, 1.807) is 0 Å². The van der Waals surface area contributed by atoms with Crippen LogP contribution < -0.4 is 4.74 Å². The zero-order chi connectivity index (χ0) is 21.8. The maximum atomic E-state index is 12.7. The summed E-state index contributed by atoms with van der Waals surface area (Å²) >= 11 is 5.81. The molecular weight excluding hydrogens is 419 g/mol. The number of halogens is 4. The number of hydrogen-bond acceptors (Lipinski definition) is 6. The third-order valence-corrected chi connectivity index (χ3v) is 3.76. The molecule has 0 aliphatic rings. The summed E-state index contributed by atoms with van der Waals surface area (Å²) in [5.41, 5.74) is -2.06. The molecule has 0 saturated heterocycles. The largest absolute Gasteiger partial charge is 0.456 e.